The predicted octanol–water partition coefficient (Wildman–Crippen LogP) is 0.316. The fraction of sp³-hybridized carbons (Fsp3) is 0.200. The molecule has 1 atom stereocenters. The first-order chi connectivity index (χ1) is 8.24. The summed E-state index contributed by atoms with van der Waals surface area (Å²) < 4.78 is 18.2. The summed E-state index contributed by atoms with van der Waals surface area (Å²) in [6.45, 7) is 2.59. The van der Waals surface area contributed by atoms with E-state index < -0.39 is 0 Å². The summed E-state index contributed by atoms with van der Waals surface area (Å²) in [6.07, 6.45) is 10.3. The Morgan fingerprint density at radius 3 is 2.79 bits per heavy atom. The Hall–Kier alpha value is -0.584. The topological polar surface area (TPSA) is 9.23 Å². The van der Waals surface area contributed by atoms with Crippen LogP contribution < -0.4 is 21.7 Å². The summed E-state index contributed by atoms with van der Waals surface area (Å²) in [5, 5.41) is 0. The van der Waals surface area contributed by atoms with Crippen molar-refractivity contribution >= 4 is 23.1 Å². The van der Waals surface area contributed by atoms with Gasteiger partial charge in [0.15, 0.2) is 0 Å². The summed E-state index contributed by atoms with van der Waals surface area (Å²) in [4.78, 5) is 0. The van der Waals surface area contributed by atoms with Crippen LogP contribution in [0, 0.1) is 17.8 Å². The van der Waals surface area contributed by atoms with Gasteiger partial charge in [0, 0.05) is 11.6 Å². The van der Waals surface area contributed by atoms with Gasteiger partial charge >= 0.3 is 23.1 Å². The third-order valence-corrected chi connectivity index (χ3v) is 2.48. The van der Waals surface area contributed by atoms with Gasteiger partial charge in [0.05, 0.1) is 0 Å². The number of rotatable bonds is 3. The minimum atomic E-state index is -0.303. The molecule has 0 saturated heterocycles. The zero-order valence-electron chi connectivity index (χ0n) is 10.8. The number of halogens is 2. The van der Waals surface area contributed by atoms with Crippen molar-refractivity contribution in [2.24, 2.45) is 5.92 Å². The molecule has 0 heterocycles. The van der Waals surface area contributed by atoms with Gasteiger partial charge in [-0.05, 0) is 11.5 Å². The zero-order chi connectivity index (χ0) is 12.1. The molecule has 0 N–H and O–H groups in total. The number of hydrogen-bond donors (Lipinski definition) is 0. The van der Waals surface area contributed by atoms with Crippen LogP contribution in [0.25, 0.3) is 0 Å². The van der Waals surface area contributed by atoms with Crippen LogP contribution >= 0.6 is 0 Å². The summed E-state index contributed by atoms with van der Waals surface area (Å²) in [5.41, 5.74) is 1.09. The smallest absolute Gasteiger partial charge is 1.00 e. The van der Waals surface area contributed by atoms with Crippen molar-refractivity contribution in [2.75, 3.05) is 6.61 Å². The molecular weight excluding hydrogens is 319 g/mol. The van der Waals surface area contributed by atoms with Crippen molar-refractivity contribution in [3.8, 4) is 5.75 Å². The molecule has 0 aromatic heterocycles. The van der Waals surface area contributed by atoms with Gasteiger partial charge in [-0.25, -0.2) is 0 Å². The molecule has 19 heavy (non-hydrogen) atoms. The van der Waals surface area contributed by atoms with Gasteiger partial charge in [0.1, 0.15) is 6.61 Å². The van der Waals surface area contributed by atoms with Crippen LogP contribution in [0.1, 0.15) is 6.92 Å². The van der Waals surface area contributed by atoms with E-state index in [0.29, 0.717) is 18.3 Å². The van der Waals surface area contributed by atoms with E-state index in [1.54, 1.807) is 6.07 Å². The van der Waals surface area contributed by atoms with Gasteiger partial charge in [-0.2, -0.15) is 0 Å². The zero-order valence-corrected chi connectivity index (χ0v) is 13.8. The Morgan fingerprint density at radius 1 is 1.32 bits per heavy atom. The number of benzene rings is 1. The van der Waals surface area contributed by atoms with Crippen LogP contribution in [0.2, 0.25) is 0 Å². The molecule has 0 spiro atoms. The third-order valence-electron chi connectivity index (χ3n) is 2.48. The van der Waals surface area contributed by atoms with Crippen molar-refractivity contribution in [3.63, 3.8) is 0 Å². The molecule has 0 saturated carbocycles. The minimum absolute atomic E-state index is 0. The molecular formula is C15H14BrFMgO. The fourth-order valence-electron chi connectivity index (χ4n) is 1.49. The second-order valence-electron chi connectivity index (χ2n) is 4.00. The van der Waals surface area contributed by atoms with Gasteiger partial charge in [0.25, 0.3) is 0 Å². The van der Waals surface area contributed by atoms with Gasteiger partial charge in [0.2, 0.25) is 0 Å². The Kier molecular flexibility index (Phi) is 9.05. The average Bonchev–Trinajstić information content (AvgIpc) is 2.54. The SMILES string of the molecule is C[C@@H]1C=CC=C(COc2[c-]cc(F)cc2)C=C1.[Br-].[Mg+2]. The van der Waals surface area contributed by atoms with E-state index in [4.69, 9.17) is 4.74 Å². The van der Waals surface area contributed by atoms with Crippen LogP contribution in [0.15, 0.2) is 54.2 Å². The molecule has 1 aliphatic carbocycles. The first-order valence-corrected chi connectivity index (χ1v) is 5.59. The Balaban J connectivity index is 0.00000162. The average molecular weight is 333 g/mol. The van der Waals surface area contributed by atoms with Crippen molar-refractivity contribution in [2.45, 2.75) is 6.92 Å². The van der Waals surface area contributed by atoms with E-state index in [-0.39, 0.29) is 45.9 Å². The van der Waals surface area contributed by atoms with Crippen LogP contribution in [0.3, 0.4) is 0 Å². The standard InChI is InChI=1S/C15H14FO.BrH.Mg/c1-12-3-2-4-13(6-5-12)11-17-15-9-7-14(16)8-10-15;;/h2-9,12H,11H2,1H3;1H;/q-1;;+2/p-1/t12-;;/m1../s1. The molecule has 0 aliphatic heterocycles. The summed E-state index contributed by atoms with van der Waals surface area (Å²) >= 11 is 0. The molecule has 1 nitrogen and oxygen atoms in total. The molecule has 1 aromatic carbocycles. The van der Waals surface area contributed by atoms with E-state index in [1.807, 2.05) is 18.2 Å². The third kappa shape index (κ3) is 6.41. The molecule has 96 valence electrons. The maximum atomic E-state index is 12.7. The second-order valence-corrected chi connectivity index (χ2v) is 4.00. The first kappa shape index (κ1) is 18.4. The van der Waals surface area contributed by atoms with Crippen molar-refractivity contribution < 1.29 is 26.1 Å². The van der Waals surface area contributed by atoms with Crippen LogP contribution in [0.5, 0.6) is 5.75 Å². The van der Waals surface area contributed by atoms with Crippen molar-refractivity contribution in [3.05, 3.63) is 66.0 Å². The van der Waals surface area contributed by atoms with Gasteiger partial charge in [-0.1, -0.05) is 37.3 Å². The van der Waals surface area contributed by atoms with Crippen LogP contribution in [0.4, 0.5) is 4.39 Å². The van der Waals surface area contributed by atoms with E-state index in [2.05, 4.69) is 25.1 Å². The van der Waals surface area contributed by atoms with E-state index in [1.165, 1.54) is 12.1 Å². The van der Waals surface area contributed by atoms with Gasteiger partial charge < -0.3 is 21.7 Å². The molecule has 0 fully saturated rings. The van der Waals surface area contributed by atoms with Crippen molar-refractivity contribution in [1.29, 1.82) is 0 Å². The van der Waals surface area contributed by atoms with E-state index in [0.717, 1.165) is 5.57 Å². The molecule has 0 bridgehead atoms. The Bertz CT molecular complexity index is 466. The molecule has 0 amide bonds. The summed E-state index contributed by atoms with van der Waals surface area (Å²) in [7, 11) is 0. The number of ether oxygens (including phenoxy) is 1. The van der Waals surface area contributed by atoms with E-state index in [9.17, 15) is 4.39 Å². The quantitative estimate of drug-likeness (QED) is 0.572. The molecule has 1 aliphatic rings. The van der Waals surface area contributed by atoms with Crippen LogP contribution in [-0.2, 0) is 0 Å². The molecule has 1 aromatic rings. The Morgan fingerprint density at radius 2 is 2.11 bits per heavy atom. The van der Waals surface area contributed by atoms with Gasteiger partial charge in [-0.3, -0.25) is 4.39 Å². The first-order valence-electron chi connectivity index (χ1n) is 5.59. The summed E-state index contributed by atoms with van der Waals surface area (Å²) in [6, 6.07) is 6.95. The predicted molar refractivity (Wildman–Crippen MR) is 72.0 cm³/mol. The fourth-order valence-corrected chi connectivity index (χ4v) is 1.49. The monoisotopic (exact) mass is 332 g/mol. The Labute approximate surface area is 140 Å². The largest absolute Gasteiger partial charge is 2.00 e. The normalized spacial score (nSPS) is 16.7. The number of allylic oxidation sites excluding steroid dienone is 4. The second kappa shape index (κ2) is 9.34. The van der Waals surface area contributed by atoms with E-state index >= 15 is 0 Å². The molecule has 2 rings (SSSR count). The van der Waals surface area contributed by atoms with Crippen molar-refractivity contribution in [1.82, 2.24) is 0 Å². The van der Waals surface area contributed by atoms with Crippen LogP contribution in [-0.4, -0.2) is 29.7 Å². The maximum Gasteiger partial charge on any atom is 2.00 e. The molecule has 4 heteroatoms. The van der Waals surface area contributed by atoms with Gasteiger partial charge in [-0.15, -0.1) is 24.3 Å². The number of hydrogen-bond acceptors (Lipinski definition) is 1. The minimum Gasteiger partial charge on any atom is -1.00 e. The maximum absolute atomic E-state index is 12.7. The molecule has 0 unspecified atom stereocenters. The summed E-state index contributed by atoms with van der Waals surface area (Å²) in [5.74, 6) is 0.700. The molecule has 0 radical (unpaired) electrons.